The van der Waals surface area contributed by atoms with Gasteiger partial charge >= 0.3 is 0 Å². The van der Waals surface area contributed by atoms with Crippen molar-refractivity contribution in [3.8, 4) is 11.1 Å². The minimum absolute atomic E-state index is 0.245. The smallest absolute Gasteiger partial charge is 0.185 e. The van der Waals surface area contributed by atoms with E-state index < -0.39 is 6.17 Å². The minimum Gasteiger partial charge on any atom is -0.365 e. The van der Waals surface area contributed by atoms with Gasteiger partial charge < -0.3 is 10.1 Å². The van der Waals surface area contributed by atoms with E-state index in [2.05, 4.69) is 51.3 Å². The Morgan fingerprint density at radius 3 is 2.73 bits per heavy atom. The summed E-state index contributed by atoms with van der Waals surface area (Å²) in [4.78, 5) is 24.2. The molecule has 1 fully saturated rings. The SMILES string of the molecule is CCCc1cc(C)c(-c2cc3nc(NC)sc3n3ncnc23)cn1.O=CC1CC1F. The number of hydrogen-bond acceptors (Lipinski definition) is 7. The summed E-state index contributed by atoms with van der Waals surface area (Å²) in [5.74, 6) is -0.245. The number of aryl methyl sites for hydroxylation is 2. The van der Waals surface area contributed by atoms with Gasteiger partial charge in [-0.15, -0.1) is 0 Å². The molecule has 0 amide bonds. The van der Waals surface area contributed by atoms with E-state index in [1.165, 1.54) is 5.56 Å². The molecule has 0 saturated heterocycles. The highest BCUT2D eigenvalue weighted by molar-refractivity contribution is 7.21. The Morgan fingerprint density at radius 1 is 1.33 bits per heavy atom. The monoisotopic (exact) mass is 426 g/mol. The molecule has 0 bridgehead atoms. The van der Waals surface area contributed by atoms with E-state index in [1.54, 1.807) is 17.7 Å². The molecule has 156 valence electrons. The average Bonchev–Trinajstić information content (AvgIpc) is 3.10. The number of carbonyl (C=O) groups is 1. The molecular weight excluding hydrogens is 403 g/mol. The van der Waals surface area contributed by atoms with Crippen LogP contribution in [0.4, 0.5) is 9.52 Å². The third kappa shape index (κ3) is 3.89. The number of nitrogens with zero attached hydrogens (tertiary/aromatic N) is 5. The zero-order chi connectivity index (χ0) is 21.3. The van der Waals surface area contributed by atoms with Gasteiger partial charge in [0.1, 0.15) is 29.1 Å². The number of alkyl halides is 1. The van der Waals surface area contributed by atoms with Crippen LogP contribution in [0.15, 0.2) is 24.7 Å². The lowest BCUT2D eigenvalue weighted by molar-refractivity contribution is -0.109. The fourth-order valence-corrected chi connectivity index (χ4v) is 4.12. The first-order valence-electron chi connectivity index (χ1n) is 9.92. The molecule has 1 aliphatic carbocycles. The van der Waals surface area contributed by atoms with Gasteiger partial charge in [-0.1, -0.05) is 24.7 Å². The lowest BCUT2D eigenvalue weighted by Gasteiger charge is -2.09. The Morgan fingerprint density at radius 2 is 2.13 bits per heavy atom. The van der Waals surface area contributed by atoms with Crippen LogP contribution >= 0.6 is 11.3 Å². The van der Waals surface area contributed by atoms with E-state index in [9.17, 15) is 9.18 Å². The Labute approximate surface area is 177 Å². The van der Waals surface area contributed by atoms with Crippen LogP contribution in [-0.4, -0.2) is 44.1 Å². The summed E-state index contributed by atoms with van der Waals surface area (Å²) in [7, 11) is 1.87. The van der Waals surface area contributed by atoms with Gasteiger partial charge in [0.15, 0.2) is 10.8 Å². The summed E-state index contributed by atoms with van der Waals surface area (Å²) in [6, 6.07) is 4.25. The number of pyridine rings is 2. The highest BCUT2D eigenvalue weighted by atomic mass is 32.1. The van der Waals surface area contributed by atoms with Crippen LogP contribution < -0.4 is 5.32 Å². The standard InChI is InChI=1S/C17H18N6S.C4H5FO/c1-4-5-11-6-10(2)13(8-19-11)12-7-14-16(24-17(18-3)22-14)23-15(12)20-9-21-23;5-4-1-3(4)2-6/h6-9H,4-5H2,1-3H3,(H,18,22);2-4H,1H2. The maximum Gasteiger partial charge on any atom is 0.185 e. The second-order valence-corrected chi connectivity index (χ2v) is 8.28. The van der Waals surface area contributed by atoms with Crippen molar-refractivity contribution in [3.63, 3.8) is 0 Å². The largest absolute Gasteiger partial charge is 0.365 e. The molecule has 0 aliphatic heterocycles. The Balaban J connectivity index is 0.000000313. The Kier molecular flexibility index (Phi) is 5.72. The minimum atomic E-state index is -0.803. The van der Waals surface area contributed by atoms with Crippen LogP contribution in [0, 0.1) is 12.8 Å². The van der Waals surface area contributed by atoms with Crippen molar-refractivity contribution in [1.82, 2.24) is 24.6 Å². The first-order chi connectivity index (χ1) is 14.5. The molecule has 4 heterocycles. The molecule has 7 nitrogen and oxygen atoms in total. The molecular formula is C21H23FN6OS. The second kappa shape index (κ2) is 8.43. The number of halogens is 1. The molecule has 4 aromatic rings. The molecule has 0 spiro atoms. The average molecular weight is 427 g/mol. The number of thiazole rings is 1. The van der Waals surface area contributed by atoms with E-state index in [0.717, 1.165) is 50.8 Å². The molecule has 0 aromatic carbocycles. The van der Waals surface area contributed by atoms with Crippen molar-refractivity contribution in [2.24, 2.45) is 5.92 Å². The zero-order valence-electron chi connectivity index (χ0n) is 17.1. The maximum atomic E-state index is 11.5. The van der Waals surface area contributed by atoms with Gasteiger partial charge in [0.25, 0.3) is 0 Å². The van der Waals surface area contributed by atoms with Gasteiger partial charge in [-0.3, -0.25) is 4.98 Å². The lowest BCUT2D eigenvalue weighted by Crippen LogP contribution is -1.96. The van der Waals surface area contributed by atoms with Crippen molar-refractivity contribution >= 4 is 38.7 Å². The van der Waals surface area contributed by atoms with Gasteiger partial charge in [-0.2, -0.15) is 5.10 Å². The van der Waals surface area contributed by atoms with E-state index in [-0.39, 0.29) is 5.92 Å². The van der Waals surface area contributed by atoms with E-state index in [1.807, 2.05) is 17.8 Å². The highest BCUT2D eigenvalue weighted by Crippen LogP contribution is 2.33. The second-order valence-electron chi connectivity index (χ2n) is 7.31. The number of rotatable bonds is 5. The number of carbonyl (C=O) groups excluding carboxylic acids is 1. The number of aldehydes is 1. The number of aromatic nitrogens is 5. The molecule has 9 heteroatoms. The van der Waals surface area contributed by atoms with Gasteiger partial charge in [-0.25, -0.2) is 18.9 Å². The maximum absolute atomic E-state index is 11.5. The number of anilines is 1. The fourth-order valence-electron chi connectivity index (χ4n) is 3.26. The molecule has 2 atom stereocenters. The Hall–Kier alpha value is -2.94. The van der Waals surface area contributed by atoms with Crippen LogP contribution in [0.3, 0.4) is 0 Å². The summed E-state index contributed by atoms with van der Waals surface area (Å²) >= 11 is 1.57. The highest BCUT2D eigenvalue weighted by Gasteiger charge is 2.36. The fraction of sp³-hybridized carbons (Fsp3) is 0.381. The van der Waals surface area contributed by atoms with Crippen LogP contribution in [-0.2, 0) is 11.2 Å². The van der Waals surface area contributed by atoms with E-state index in [0.29, 0.717) is 12.7 Å². The molecule has 1 aliphatic rings. The topological polar surface area (TPSA) is 85.1 Å². The van der Waals surface area contributed by atoms with E-state index >= 15 is 0 Å². The summed E-state index contributed by atoms with van der Waals surface area (Å²) in [6.07, 6.45) is 5.96. The first kappa shape index (κ1) is 20.3. The van der Waals surface area contributed by atoms with Gasteiger partial charge in [0.2, 0.25) is 0 Å². The number of fused-ring (bicyclic) bond motifs is 3. The number of hydrogen-bond donors (Lipinski definition) is 1. The first-order valence-corrected chi connectivity index (χ1v) is 10.7. The summed E-state index contributed by atoms with van der Waals surface area (Å²) < 4.78 is 13.4. The van der Waals surface area contributed by atoms with Crippen molar-refractivity contribution in [3.05, 3.63) is 35.9 Å². The summed E-state index contributed by atoms with van der Waals surface area (Å²) in [5, 5.41) is 8.35. The van der Waals surface area contributed by atoms with Crippen LogP contribution in [0.1, 0.15) is 31.0 Å². The third-order valence-corrected chi connectivity index (χ3v) is 6.07. The van der Waals surface area contributed by atoms with E-state index in [4.69, 9.17) is 0 Å². The number of nitrogens with one attached hydrogen (secondary N) is 1. The normalized spacial score (nSPS) is 17.6. The van der Waals surface area contributed by atoms with Crippen LogP contribution in [0.25, 0.3) is 27.1 Å². The van der Waals surface area contributed by atoms with Crippen molar-refractivity contribution < 1.29 is 9.18 Å². The predicted octanol–water partition coefficient (Wildman–Crippen LogP) is 4.25. The van der Waals surface area contributed by atoms with Crippen molar-refractivity contribution in [1.29, 1.82) is 0 Å². The zero-order valence-corrected chi connectivity index (χ0v) is 17.9. The third-order valence-electron chi connectivity index (χ3n) is 5.01. The van der Waals surface area contributed by atoms with Crippen LogP contribution in [0.5, 0.6) is 0 Å². The molecule has 30 heavy (non-hydrogen) atoms. The molecule has 2 unspecified atom stereocenters. The Bertz CT molecular complexity index is 1200. The summed E-state index contributed by atoms with van der Waals surface area (Å²) in [6.45, 7) is 4.29. The molecule has 1 N–H and O–H groups in total. The van der Waals surface area contributed by atoms with Crippen molar-refractivity contribution in [2.75, 3.05) is 12.4 Å². The molecule has 1 saturated carbocycles. The molecule has 0 radical (unpaired) electrons. The van der Waals surface area contributed by atoms with Gasteiger partial charge in [0.05, 0.1) is 0 Å². The predicted molar refractivity (Wildman–Crippen MR) is 117 cm³/mol. The lowest BCUT2D eigenvalue weighted by atomic mass is 10.0. The van der Waals surface area contributed by atoms with Crippen molar-refractivity contribution in [2.45, 2.75) is 39.3 Å². The van der Waals surface area contributed by atoms with Gasteiger partial charge in [-0.05, 0) is 37.5 Å². The quantitative estimate of drug-likeness (QED) is 0.480. The van der Waals surface area contributed by atoms with Crippen LogP contribution in [0.2, 0.25) is 0 Å². The van der Waals surface area contributed by atoms with Gasteiger partial charge in [0, 0.05) is 36.0 Å². The molecule has 4 aromatic heterocycles. The molecule has 5 rings (SSSR count). The summed E-state index contributed by atoms with van der Waals surface area (Å²) in [5.41, 5.74) is 6.16.